The minimum absolute atomic E-state index is 0.0370. The molecule has 0 spiro atoms. The number of nitrogens with zero attached hydrogens (tertiary/aromatic N) is 1. The summed E-state index contributed by atoms with van der Waals surface area (Å²) in [6.07, 6.45) is 3.50. The van der Waals surface area contributed by atoms with Crippen LogP contribution in [0.25, 0.3) is 0 Å². The summed E-state index contributed by atoms with van der Waals surface area (Å²) in [6, 6.07) is 3.76. The number of carbonyl (C=O) groups excluding carboxylic acids is 1. The molecule has 2 fully saturated rings. The molecule has 96 valence electrons. The first-order valence-electron chi connectivity index (χ1n) is 6.38. The van der Waals surface area contributed by atoms with Crippen molar-refractivity contribution in [2.24, 2.45) is 5.92 Å². The lowest BCUT2D eigenvalue weighted by Crippen LogP contribution is -2.56. The number of amides is 1. The van der Waals surface area contributed by atoms with Gasteiger partial charge in [-0.25, -0.2) is 8.78 Å². The van der Waals surface area contributed by atoms with Crippen molar-refractivity contribution in [1.29, 1.82) is 0 Å². The van der Waals surface area contributed by atoms with Gasteiger partial charge < -0.3 is 4.90 Å². The lowest BCUT2D eigenvalue weighted by molar-refractivity contribution is -0.141. The van der Waals surface area contributed by atoms with Crippen LogP contribution in [0.1, 0.15) is 24.8 Å². The van der Waals surface area contributed by atoms with E-state index in [9.17, 15) is 13.6 Å². The van der Waals surface area contributed by atoms with Gasteiger partial charge in [-0.2, -0.15) is 0 Å². The first-order valence-corrected chi connectivity index (χ1v) is 6.38. The van der Waals surface area contributed by atoms with E-state index >= 15 is 0 Å². The minimum Gasteiger partial charge on any atom is -0.339 e. The quantitative estimate of drug-likeness (QED) is 0.791. The predicted molar refractivity (Wildman–Crippen MR) is 62.9 cm³/mol. The maximum absolute atomic E-state index is 13.5. The molecule has 0 bridgehead atoms. The summed E-state index contributed by atoms with van der Waals surface area (Å²) in [7, 11) is 0. The lowest BCUT2D eigenvalue weighted by atomic mass is 9.91. The molecule has 2 nitrogen and oxygen atoms in total. The summed E-state index contributed by atoms with van der Waals surface area (Å²) in [5.74, 6) is -0.619. The van der Waals surface area contributed by atoms with E-state index < -0.39 is 11.6 Å². The normalized spacial score (nSPS) is 25.8. The van der Waals surface area contributed by atoms with Crippen LogP contribution in [0.2, 0.25) is 0 Å². The lowest BCUT2D eigenvalue weighted by Gasteiger charge is -2.44. The number of likely N-dealkylation sites (tertiary alicyclic amines) is 1. The second-order valence-electron chi connectivity index (χ2n) is 5.22. The molecule has 1 aromatic rings. The van der Waals surface area contributed by atoms with E-state index in [4.69, 9.17) is 0 Å². The first kappa shape index (κ1) is 11.6. The molecule has 1 aromatic carbocycles. The maximum Gasteiger partial charge on any atom is 0.227 e. The Bertz CT molecular complexity index is 489. The Morgan fingerprint density at radius 1 is 1.33 bits per heavy atom. The molecule has 1 saturated carbocycles. The molecule has 18 heavy (non-hydrogen) atoms. The average molecular weight is 251 g/mol. The molecule has 1 saturated heterocycles. The van der Waals surface area contributed by atoms with E-state index in [1.807, 2.05) is 4.90 Å². The van der Waals surface area contributed by atoms with Crippen molar-refractivity contribution >= 4 is 5.91 Å². The maximum atomic E-state index is 13.5. The van der Waals surface area contributed by atoms with Crippen molar-refractivity contribution in [2.75, 3.05) is 6.54 Å². The second kappa shape index (κ2) is 4.34. The van der Waals surface area contributed by atoms with Crippen molar-refractivity contribution in [3.63, 3.8) is 0 Å². The molecule has 4 heteroatoms. The average Bonchev–Trinajstić information content (AvgIpc) is 2.64. The van der Waals surface area contributed by atoms with Crippen LogP contribution >= 0.6 is 0 Å². The van der Waals surface area contributed by atoms with Gasteiger partial charge in [0, 0.05) is 18.7 Å². The standard InChI is InChI=1S/C14H15F2NO/c15-11-5-4-9(12(16)7-11)6-14(18)17-8-10-2-1-3-13(10)17/h4-5,7,10,13H,1-3,6,8H2/t10-,13-/m0/s1. The highest BCUT2D eigenvalue weighted by molar-refractivity contribution is 5.80. The number of benzene rings is 1. The molecule has 2 atom stereocenters. The summed E-state index contributed by atoms with van der Waals surface area (Å²) in [5, 5.41) is 0. The Balaban J connectivity index is 1.67. The Hall–Kier alpha value is -1.45. The van der Waals surface area contributed by atoms with Crippen LogP contribution in [-0.4, -0.2) is 23.4 Å². The molecule has 1 heterocycles. The summed E-state index contributed by atoms with van der Waals surface area (Å²) in [5.41, 5.74) is 0.280. The fraction of sp³-hybridized carbons (Fsp3) is 0.500. The SMILES string of the molecule is O=C(Cc1ccc(F)cc1F)N1C[C@@H]2CCC[C@@H]21. The number of halogens is 2. The molecule has 1 amide bonds. The fourth-order valence-corrected chi connectivity index (χ4v) is 3.11. The van der Waals surface area contributed by atoms with Gasteiger partial charge in [0.25, 0.3) is 0 Å². The molecule has 0 N–H and O–H groups in total. The number of carbonyl (C=O) groups is 1. The molecular formula is C14H15F2NO. The van der Waals surface area contributed by atoms with Gasteiger partial charge >= 0.3 is 0 Å². The topological polar surface area (TPSA) is 20.3 Å². The second-order valence-corrected chi connectivity index (χ2v) is 5.22. The summed E-state index contributed by atoms with van der Waals surface area (Å²) < 4.78 is 26.2. The molecule has 0 unspecified atom stereocenters. The third kappa shape index (κ3) is 1.89. The van der Waals surface area contributed by atoms with Gasteiger partial charge in [0.2, 0.25) is 5.91 Å². The van der Waals surface area contributed by atoms with Crippen molar-refractivity contribution < 1.29 is 13.6 Å². The van der Waals surface area contributed by atoms with Crippen LogP contribution in [-0.2, 0) is 11.2 Å². The highest BCUT2D eigenvalue weighted by atomic mass is 19.1. The van der Waals surface area contributed by atoms with Crippen LogP contribution in [0.15, 0.2) is 18.2 Å². The Morgan fingerprint density at radius 3 is 2.89 bits per heavy atom. The van der Waals surface area contributed by atoms with Gasteiger partial charge in [0.1, 0.15) is 11.6 Å². The monoisotopic (exact) mass is 251 g/mol. The molecule has 0 aromatic heterocycles. The zero-order valence-electron chi connectivity index (χ0n) is 10.0. The largest absolute Gasteiger partial charge is 0.339 e. The highest BCUT2D eigenvalue weighted by Crippen LogP contribution is 2.39. The van der Waals surface area contributed by atoms with E-state index in [0.717, 1.165) is 19.0 Å². The van der Waals surface area contributed by atoms with Gasteiger partial charge in [-0.1, -0.05) is 12.5 Å². The van der Waals surface area contributed by atoms with E-state index in [-0.39, 0.29) is 17.9 Å². The third-order valence-electron chi connectivity index (χ3n) is 4.13. The van der Waals surface area contributed by atoms with Gasteiger partial charge in [0.15, 0.2) is 0 Å². The fourth-order valence-electron chi connectivity index (χ4n) is 3.11. The van der Waals surface area contributed by atoms with Crippen molar-refractivity contribution in [3.05, 3.63) is 35.4 Å². The molecular weight excluding hydrogens is 236 g/mol. The molecule has 3 rings (SSSR count). The van der Waals surface area contributed by atoms with Crippen LogP contribution in [0.5, 0.6) is 0 Å². The highest BCUT2D eigenvalue weighted by Gasteiger charge is 2.44. The van der Waals surface area contributed by atoms with Gasteiger partial charge in [-0.05, 0) is 30.4 Å². The minimum atomic E-state index is -0.633. The van der Waals surface area contributed by atoms with E-state index in [1.165, 1.54) is 25.0 Å². The summed E-state index contributed by atoms with van der Waals surface area (Å²) in [4.78, 5) is 13.9. The van der Waals surface area contributed by atoms with E-state index in [1.54, 1.807) is 0 Å². The molecule has 1 aliphatic carbocycles. The molecule has 2 aliphatic rings. The summed E-state index contributed by atoms with van der Waals surface area (Å²) in [6.45, 7) is 0.812. The molecule has 0 radical (unpaired) electrons. The smallest absolute Gasteiger partial charge is 0.227 e. The van der Waals surface area contributed by atoms with Crippen LogP contribution < -0.4 is 0 Å². The van der Waals surface area contributed by atoms with Gasteiger partial charge in [0.05, 0.1) is 6.42 Å². The van der Waals surface area contributed by atoms with Crippen molar-refractivity contribution in [2.45, 2.75) is 31.7 Å². The Kier molecular flexibility index (Phi) is 2.80. The number of hydrogen-bond donors (Lipinski definition) is 0. The molecule has 1 aliphatic heterocycles. The van der Waals surface area contributed by atoms with Crippen molar-refractivity contribution in [3.8, 4) is 0 Å². The van der Waals surface area contributed by atoms with Crippen LogP contribution in [0.3, 0.4) is 0 Å². The zero-order chi connectivity index (χ0) is 12.7. The van der Waals surface area contributed by atoms with Crippen LogP contribution in [0, 0.1) is 17.6 Å². The van der Waals surface area contributed by atoms with E-state index in [2.05, 4.69) is 0 Å². The van der Waals surface area contributed by atoms with Crippen LogP contribution in [0.4, 0.5) is 8.78 Å². The number of rotatable bonds is 2. The van der Waals surface area contributed by atoms with Gasteiger partial charge in [-0.3, -0.25) is 4.79 Å². The van der Waals surface area contributed by atoms with E-state index in [0.29, 0.717) is 12.0 Å². The van der Waals surface area contributed by atoms with Crippen molar-refractivity contribution in [1.82, 2.24) is 4.90 Å². The Morgan fingerprint density at radius 2 is 2.17 bits per heavy atom. The number of hydrogen-bond acceptors (Lipinski definition) is 1. The summed E-state index contributed by atoms with van der Waals surface area (Å²) >= 11 is 0. The first-order chi connectivity index (χ1) is 8.65. The number of fused-ring (bicyclic) bond motifs is 1. The van der Waals surface area contributed by atoms with Gasteiger partial charge in [-0.15, -0.1) is 0 Å². The Labute approximate surface area is 105 Å². The zero-order valence-corrected chi connectivity index (χ0v) is 10.0. The predicted octanol–water partition coefficient (Wildman–Crippen LogP) is 2.52. The third-order valence-corrected chi connectivity index (χ3v) is 4.13.